The largest absolute Gasteiger partial charge is 0.360 e. The zero-order chi connectivity index (χ0) is 11.5. The lowest BCUT2D eigenvalue weighted by Gasteiger charge is -2.17. The van der Waals surface area contributed by atoms with Crippen molar-refractivity contribution in [3.05, 3.63) is 34.9 Å². The third kappa shape index (κ3) is 3.35. The summed E-state index contributed by atoms with van der Waals surface area (Å²) in [6.45, 7) is 2.08. The molecule has 1 aliphatic carbocycles. The molecule has 0 aromatic heterocycles. The fraction of sp³-hybridized carbons (Fsp3) is 0.417. The topological polar surface area (TPSA) is 24.1 Å². The first-order valence-electron chi connectivity index (χ1n) is 5.47. The van der Waals surface area contributed by atoms with Gasteiger partial charge in [-0.1, -0.05) is 23.7 Å². The van der Waals surface area contributed by atoms with Crippen molar-refractivity contribution < 1.29 is 0 Å². The highest BCUT2D eigenvalue weighted by atomic mass is 35.5. The van der Waals surface area contributed by atoms with E-state index in [-0.39, 0.29) is 6.04 Å². The Morgan fingerprint density at radius 2 is 2.25 bits per heavy atom. The number of benzene rings is 1. The molecule has 1 aliphatic rings. The van der Waals surface area contributed by atoms with Gasteiger partial charge in [-0.2, -0.15) is 0 Å². The molecule has 1 atom stereocenters. The van der Waals surface area contributed by atoms with Crippen molar-refractivity contribution in [1.82, 2.24) is 10.6 Å². The first-order valence-corrected chi connectivity index (χ1v) is 6.26. The highest BCUT2D eigenvalue weighted by Crippen LogP contribution is 2.20. The van der Waals surface area contributed by atoms with Gasteiger partial charge in [-0.25, -0.2) is 0 Å². The van der Waals surface area contributed by atoms with Gasteiger partial charge in [-0.3, -0.25) is 0 Å². The van der Waals surface area contributed by atoms with Gasteiger partial charge in [0.05, 0.1) is 6.04 Å². The van der Waals surface area contributed by atoms with Gasteiger partial charge in [0.15, 0.2) is 5.11 Å². The molecule has 1 saturated carbocycles. The molecule has 0 saturated heterocycles. The minimum absolute atomic E-state index is 0.178. The van der Waals surface area contributed by atoms with Crippen LogP contribution in [0.15, 0.2) is 24.3 Å². The molecule has 16 heavy (non-hydrogen) atoms. The molecule has 0 spiro atoms. The van der Waals surface area contributed by atoms with Crippen molar-refractivity contribution in [3.63, 3.8) is 0 Å². The van der Waals surface area contributed by atoms with Crippen molar-refractivity contribution in [2.45, 2.75) is 31.8 Å². The number of rotatable bonds is 3. The van der Waals surface area contributed by atoms with Crippen LogP contribution >= 0.6 is 23.8 Å². The van der Waals surface area contributed by atoms with E-state index < -0.39 is 0 Å². The molecule has 0 radical (unpaired) electrons. The van der Waals surface area contributed by atoms with E-state index in [1.807, 2.05) is 24.3 Å². The second-order valence-corrected chi connectivity index (χ2v) is 5.01. The molecule has 0 bridgehead atoms. The Morgan fingerprint density at radius 3 is 2.88 bits per heavy atom. The Hall–Kier alpha value is -0.800. The van der Waals surface area contributed by atoms with E-state index in [1.165, 1.54) is 12.8 Å². The summed E-state index contributed by atoms with van der Waals surface area (Å²) >= 11 is 11.2. The van der Waals surface area contributed by atoms with Crippen molar-refractivity contribution in [3.8, 4) is 0 Å². The van der Waals surface area contributed by atoms with Crippen LogP contribution in [0.1, 0.15) is 31.4 Å². The number of hydrogen-bond acceptors (Lipinski definition) is 1. The molecule has 2 rings (SSSR count). The number of thiocarbonyl (C=S) groups is 1. The third-order valence-corrected chi connectivity index (χ3v) is 3.08. The van der Waals surface area contributed by atoms with Gasteiger partial charge in [0.1, 0.15) is 0 Å². The maximum absolute atomic E-state index is 5.94. The quantitative estimate of drug-likeness (QED) is 0.811. The maximum Gasteiger partial charge on any atom is 0.166 e. The van der Waals surface area contributed by atoms with E-state index in [4.69, 9.17) is 23.8 Å². The molecule has 1 fully saturated rings. The Bertz CT molecular complexity index is 390. The smallest absolute Gasteiger partial charge is 0.166 e. The molecule has 4 heteroatoms. The SMILES string of the molecule is CC(NC(=S)NC1CC1)c1cccc(Cl)c1. The summed E-state index contributed by atoms with van der Waals surface area (Å²) in [7, 11) is 0. The molecular weight excluding hydrogens is 240 g/mol. The minimum atomic E-state index is 0.178. The van der Waals surface area contributed by atoms with E-state index >= 15 is 0 Å². The number of hydrogen-bond donors (Lipinski definition) is 2. The number of nitrogens with one attached hydrogen (secondary N) is 2. The van der Waals surface area contributed by atoms with Gasteiger partial charge in [-0.15, -0.1) is 0 Å². The lowest BCUT2D eigenvalue weighted by Crippen LogP contribution is -2.37. The first kappa shape index (κ1) is 11.7. The van der Waals surface area contributed by atoms with E-state index in [1.54, 1.807) is 0 Å². The van der Waals surface area contributed by atoms with E-state index in [0.29, 0.717) is 6.04 Å². The maximum atomic E-state index is 5.94. The molecule has 1 aromatic carbocycles. The second kappa shape index (κ2) is 5.02. The summed E-state index contributed by atoms with van der Waals surface area (Å²) < 4.78 is 0. The van der Waals surface area contributed by atoms with E-state index in [9.17, 15) is 0 Å². The Labute approximate surface area is 106 Å². The predicted octanol–water partition coefficient (Wildman–Crippen LogP) is 3.03. The fourth-order valence-corrected chi connectivity index (χ4v) is 2.05. The van der Waals surface area contributed by atoms with Crippen LogP contribution in [0.5, 0.6) is 0 Å². The predicted molar refractivity (Wildman–Crippen MR) is 71.8 cm³/mol. The zero-order valence-electron chi connectivity index (χ0n) is 9.16. The highest BCUT2D eigenvalue weighted by Gasteiger charge is 2.22. The average molecular weight is 255 g/mol. The van der Waals surface area contributed by atoms with Crippen LogP contribution in [0.2, 0.25) is 5.02 Å². The van der Waals surface area contributed by atoms with Crippen molar-refractivity contribution >= 4 is 28.9 Å². The molecule has 1 aromatic rings. The molecule has 86 valence electrons. The van der Waals surface area contributed by atoms with Crippen LogP contribution in [-0.4, -0.2) is 11.2 Å². The summed E-state index contributed by atoms with van der Waals surface area (Å²) in [5.41, 5.74) is 1.15. The van der Waals surface area contributed by atoms with E-state index in [0.717, 1.165) is 15.7 Å². The standard InChI is InChI=1S/C12H15ClN2S/c1-8(9-3-2-4-10(13)7-9)14-12(16)15-11-5-6-11/h2-4,7-8,11H,5-6H2,1H3,(H2,14,15,16). The summed E-state index contributed by atoms with van der Waals surface area (Å²) in [4.78, 5) is 0. The molecule has 2 nitrogen and oxygen atoms in total. The lowest BCUT2D eigenvalue weighted by atomic mass is 10.1. The fourth-order valence-electron chi connectivity index (χ4n) is 1.51. The first-order chi connectivity index (χ1) is 7.65. The van der Waals surface area contributed by atoms with Gasteiger partial charge in [0.2, 0.25) is 0 Å². The Morgan fingerprint density at radius 1 is 1.50 bits per heavy atom. The molecule has 0 aliphatic heterocycles. The average Bonchev–Trinajstić information content (AvgIpc) is 3.01. The number of halogens is 1. The van der Waals surface area contributed by atoms with Gasteiger partial charge < -0.3 is 10.6 Å². The van der Waals surface area contributed by atoms with Crippen LogP contribution < -0.4 is 10.6 Å². The summed E-state index contributed by atoms with van der Waals surface area (Å²) in [5.74, 6) is 0. The Balaban J connectivity index is 1.91. The molecule has 2 N–H and O–H groups in total. The molecule has 1 unspecified atom stereocenters. The van der Waals surface area contributed by atoms with Crippen LogP contribution in [0.4, 0.5) is 0 Å². The van der Waals surface area contributed by atoms with Gasteiger partial charge in [0, 0.05) is 11.1 Å². The highest BCUT2D eigenvalue weighted by molar-refractivity contribution is 7.80. The van der Waals surface area contributed by atoms with Crippen LogP contribution in [0, 0.1) is 0 Å². The van der Waals surface area contributed by atoms with Crippen LogP contribution in [0.25, 0.3) is 0 Å². The summed E-state index contributed by atoms with van der Waals surface area (Å²) in [6.07, 6.45) is 2.46. The van der Waals surface area contributed by atoms with Crippen molar-refractivity contribution in [1.29, 1.82) is 0 Å². The Kier molecular flexibility index (Phi) is 3.66. The van der Waals surface area contributed by atoms with E-state index in [2.05, 4.69) is 17.6 Å². The summed E-state index contributed by atoms with van der Waals surface area (Å²) in [5, 5.41) is 8.00. The van der Waals surface area contributed by atoms with Crippen molar-refractivity contribution in [2.24, 2.45) is 0 Å². The molecular formula is C12H15ClN2S. The van der Waals surface area contributed by atoms with Crippen LogP contribution in [0.3, 0.4) is 0 Å². The lowest BCUT2D eigenvalue weighted by molar-refractivity contribution is 0.697. The second-order valence-electron chi connectivity index (χ2n) is 4.17. The third-order valence-electron chi connectivity index (χ3n) is 2.61. The normalized spacial score (nSPS) is 16.6. The summed E-state index contributed by atoms with van der Waals surface area (Å²) in [6, 6.07) is 8.59. The van der Waals surface area contributed by atoms with Crippen molar-refractivity contribution in [2.75, 3.05) is 0 Å². The van der Waals surface area contributed by atoms with Gasteiger partial charge in [-0.05, 0) is 49.7 Å². The monoisotopic (exact) mass is 254 g/mol. The minimum Gasteiger partial charge on any atom is -0.360 e. The molecule has 0 amide bonds. The van der Waals surface area contributed by atoms with Gasteiger partial charge >= 0.3 is 0 Å². The zero-order valence-corrected chi connectivity index (χ0v) is 10.7. The van der Waals surface area contributed by atoms with Gasteiger partial charge in [0.25, 0.3) is 0 Å². The molecule has 0 heterocycles. The van der Waals surface area contributed by atoms with Crippen LogP contribution in [-0.2, 0) is 0 Å².